The Morgan fingerprint density at radius 2 is 1.58 bits per heavy atom. The number of aliphatic carboxylic acids is 1. The highest BCUT2D eigenvalue weighted by molar-refractivity contribution is 5.95. The fourth-order valence-electron chi connectivity index (χ4n) is 7.09. The minimum absolute atomic E-state index is 0.108. The molecule has 1 aliphatic rings. The number of carboxylic acids is 1. The zero-order valence-corrected chi connectivity index (χ0v) is 33.9. The first-order valence-electron chi connectivity index (χ1n) is 20.0. The number of nitrogens with one attached hydrogen (secondary N) is 8. The van der Waals surface area contributed by atoms with Gasteiger partial charge in [0.2, 0.25) is 29.5 Å². The van der Waals surface area contributed by atoms with E-state index in [1.165, 1.54) is 19.4 Å². The molecule has 1 aromatic heterocycles. The van der Waals surface area contributed by atoms with Crippen LogP contribution < -0.4 is 37.6 Å². The van der Waals surface area contributed by atoms with Crippen LogP contribution in [0.1, 0.15) is 62.3 Å². The smallest absolute Gasteiger partial charge is 0.317 e. The number of aromatic amines is 1. The molecule has 0 bridgehead atoms. The molecule has 1 fully saturated rings. The van der Waals surface area contributed by atoms with E-state index in [0.29, 0.717) is 44.5 Å². The molecule has 1 aliphatic heterocycles. The molecule has 12 N–H and O–H groups in total. The largest absolute Gasteiger partial charge is 0.480 e. The molecule has 6 atom stereocenters. The summed E-state index contributed by atoms with van der Waals surface area (Å²) in [4.78, 5) is 88.9. The first-order valence-corrected chi connectivity index (χ1v) is 20.0. The fraction of sp³-hybridized carbons (Fsp3) is 0.463. The summed E-state index contributed by atoms with van der Waals surface area (Å²) >= 11 is 0. The van der Waals surface area contributed by atoms with Crippen molar-refractivity contribution in [2.45, 2.75) is 82.1 Å². The molecule has 5 amide bonds. The Morgan fingerprint density at radius 1 is 0.917 bits per heavy atom. The van der Waals surface area contributed by atoms with Gasteiger partial charge in [0.05, 0.1) is 37.1 Å². The summed E-state index contributed by atoms with van der Waals surface area (Å²) in [6.45, 7) is 3.14. The van der Waals surface area contributed by atoms with Gasteiger partial charge >= 0.3 is 5.97 Å². The normalized spacial score (nSPS) is 16.3. The van der Waals surface area contributed by atoms with Crippen LogP contribution in [0.15, 0.2) is 73.2 Å². The average Bonchev–Trinajstić information content (AvgIpc) is 3.74. The van der Waals surface area contributed by atoms with E-state index in [9.17, 15) is 33.9 Å². The number of nitrogens with two attached hydrogens (primary N) is 1. The van der Waals surface area contributed by atoms with E-state index in [0.717, 1.165) is 11.1 Å². The topological polar surface area (TPSA) is 297 Å². The number of H-pyrrole nitrogens is 1. The highest BCUT2D eigenvalue weighted by Gasteiger charge is 2.40. The summed E-state index contributed by atoms with van der Waals surface area (Å²) in [5.74, 6) is -5.60. The Balaban J connectivity index is 1.63. The number of carbonyl (C=O) groups is 6. The number of amides is 5. The molecule has 19 heteroatoms. The summed E-state index contributed by atoms with van der Waals surface area (Å²) < 4.78 is 0. The molecule has 3 aromatic rings. The zero-order valence-electron chi connectivity index (χ0n) is 33.9. The van der Waals surface area contributed by atoms with Gasteiger partial charge in [0.1, 0.15) is 18.1 Å². The number of piperidine rings is 1. The van der Waals surface area contributed by atoms with Crippen LogP contribution >= 0.6 is 0 Å². The van der Waals surface area contributed by atoms with Gasteiger partial charge in [0.25, 0.3) is 0 Å². The third kappa shape index (κ3) is 14.5. The van der Waals surface area contributed by atoms with Gasteiger partial charge in [0, 0.05) is 44.2 Å². The van der Waals surface area contributed by atoms with Crippen molar-refractivity contribution >= 4 is 41.5 Å². The Morgan fingerprint density at radius 3 is 2.17 bits per heavy atom. The second kappa shape index (κ2) is 23.3. The molecule has 2 heterocycles. The molecule has 0 radical (unpaired) electrons. The number of aliphatic hydroxyl groups is 1. The lowest BCUT2D eigenvalue weighted by Crippen LogP contribution is -2.61. The minimum atomic E-state index is -1.53. The molecule has 0 spiro atoms. The highest BCUT2D eigenvalue weighted by atomic mass is 16.4. The maximum Gasteiger partial charge on any atom is 0.317 e. The predicted molar refractivity (Wildman–Crippen MR) is 221 cm³/mol. The van der Waals surface area contributed by atoms with Crippen LogP contribution in [0, 0.1) is 11.3 Å². The van der Waals surface area contributed by atoms with E-state index >= 15 is 0 Å². The highest BCUT2D eigenvalue weighted by Crippen LogP contribution is 2.31. The van der Waals surface area contributed by atoms with E-state index in [2.05, 4.69) is 41.9 Å². The van der Waals surface area contributed by atoms with Gasteiger partial charge < -0.3 is 52.4 Å². The molecule has 324 valence electrons. The summed E-state index contributed by atoms with van der Waals surface area (Å²) in [6, 6.07) is 14.1. The maximum absolute atomic E-state index is 15.0. The van der Waals surface area contributed by atoms with Gasteiger partial charge in [-0.05, 0) is 50.7 Å². The van der Waals surface area contributed by atoms with Gasteiger partial charge in [0.15, 0.2) is 5.96 Å². The van der Waals surface area contributed by atoms with Crippen molar-refractivity contribution in [3.05, 3.63) is 90.0 Å². The number of benzene rings is 2. The van der Waals surface area contributed by atoms with Crippen molar-refractivity contribution < 1.29 is 39.0 Å². The number of hydrogen-bond acceptors (Lipinski definition) is 10. The number of carboxylic acid groups (broad SMARTS) is 1. The second-order valence-electron chi connectivity index (χ2n) is 14.9. The number of rotatable bonds is 22. The van der Waals surface area contributed by atoms with Crippen LogP contribution in [-0.2, 0) is 35.2 Å². The van der Waals surface area contributed by atoms with Crippen molar-refractivity contribution in [3.8, 4) is 0 Å². The van der Waals surface area contributed by atoms with Gasteiger partial charge in [-0.3, -0.25) is 39.5 Å². The van der Waals surface area contributed by atoms with Crippen molar-refractivity contribution in [3.63, 3.8) is 0 Å². The van der Waals surface area contributed by atoms with Crippen LogP contribution in [0.25, 0.3) is 0 Å². The Kier molecular flexibility index (Phi) is 18.0. The molecular formula is C41H57N11O8. The second-order valence-corrected chi connectivity index (χ2v) is 14.9. The molecule has 60 heavy (non-hydrogen) atoms. The van der Waals surface area contributed by atoms with Gasteiger partial charge in [-0.15, -0.1) is 0 Å². The summed E-state index contributed by atoms with van der Waals surface area (Å²) in [7, 11) is 0. The quantitative estimate of drug-likeness (QED) is 0.0341. The molecular weight excluding hydrogens is 775 g/mol. The third-order valence-electron chi connectivity index (χ3n) is 10.1. The van der Waals surface area contributed by atoms with E-state index in [-0.39, 0.29) is 30.9 Å². The lowest BCUT2D eigenvalue weighted by Gasteiger charge is -2.38. The summed E-state index contributed by atoms with van der Waals surface area (Å²) in [5, 5.41) is 42.9. The number of hydrogen-bond donors (Lipinski definition) is 11. The van der Waals surface area contributed by atoms with Crippen LogP contribution in [0.5, 0.6) is 0 Å². The molecule has 4 rings (SSSR count). The van der Waals surface area contributed by atoms with Crippen molar-refractivity contribution in [2.75, 3.05) is 32.7 Å². The van der Waals surface area contributed by atoms with E-state index in [1.807, 2.05) is 67.6 Å². The van der Waals surface area contributed by atoms with E-state index < -0.39 is 78.8 Å². The molecule has 0 saturated carbocycles. The molecule has 1 saturated heterocycles. The standard InChI is InChI=1S/C41H57N11O8/c1-25(11-9-17-46-41(42)43)48-37(57)29-16-10-18-52(23-29)40(60)36(34(27-12-5-3-6-13-27)28-14-7-4-8-15-28)51-38(58)31(19-30-20-45-24-47-30)49-39(59)35(26(2)53)50-32(54)21-44-22-33(55)56/h3-8,12-15,20,24-26,29,31,34-36,44,53H,9-11,16-19,21-23H2,1-2H3,(H,45,47)(H,48,57)(H,49,59)(H,50,54)(H,51,58)(H,55,56)(H4,42,43,46). The fourth-order valence-corrected chi connectivity index (χ4v) is 7.09. The summed E-state index contributed by atoms with van der Waals surface area (Å²) in [5.41, 5.74) is 7.21. The predicted octanol–water partition coefficient (Wildman–Crippen LogP) is -0.700. The van der Waals surface area contributed by atoms with Gasteiger partial charge in [-0.2, -0.15) is 0 Å². The van der Waals surface area contributed by atoms with E-state index in [4.69, 9.17) is 16.2 Å². The van der Waals surface area contributed by atoms with Crippen LogP contribution in [0.3, 0.4) is 0 Å². The van der Waals surface area contributed by atoms with Crippen LogP contribution in [0.4, 0.5) is 0 Å². The number of carbonyl (C=O) groups excluding carboxylic acids is 5. The van der Waals surface area contributed by atoms with Crippen molar-refractivity contribution in [2.24, 2.45) is 11.7 Å². The van der Waals surface area contributed by atoms with Crippen LogP contribution in [-0.4, -0.2) is 130 Å². The monoisotopic (exact) mass is 831 g/mol. The Bertz CT molecular complexity index is 1840. The summed E-state index contributed by atoms with van der Waals surface area (Å²) in [6.07, 6.45) is 3.80. The molecule has 0 aliphatic carbocycles. The van der Waals surface area contributed by atoms with Crippen LogP contribution in [0.2, 0.25) is 0 Å². The Hall–Kier alpha value is -6.34. The molecule has 6 unspecified atom stereocenters. The molecule has 2 aromatic carbocycles. The SMILES string of the molecule is CC(CCCNC(=N)N)NC(=O)C1CCCN(C(=O)C(NC(=O)C(Cc2c[nH]cn2)NC(=O)C(NC(=O)CNCC(=O)O)C(C)O)C(c2ccccc2)c2ccccc2)C1. The lowest BCUT2D eigenvalue weighted by atomic mass is 9.83. The third-order valence-corrected chi connectivity index (χ3v) is 10.1. The first-order chi connectivity index (χ1) is 28.7. The maximum atomic E-state index is 15.0. The lowest BCUT2D eigenvalue weighted by molar-refractivity contribution is -0.141. The average molecular weight is 832 g/mol. The number of imidazole rings is 1. The molecule has 19 nitrogen and oxygen atoms in total. The zero-order chi connectivity index (χ0) is 43.6. The number of likely N-dealkylation sites (tertiary alicyclic amines) is 1. The minimum Gasteiger partial charge on any atom is -0.480 e. The Labute approximate surface area is 348 Å². The van der Waals surface area contributed by atoms with Crippen molar-refractivity contribution in [1.29, 1.82) is 5.41 Å². The van der Waals surface area contributed by atoms with Gasteiger partial charge in [-0.25, -0.2) is 4.98 Å². The van der Waals surface area contributed by atoms with Crippen molar-refractivity contribution in [1.82, 2.24) is 46.8 Å². The number of nitrogens with zero attached hydrogens (tertiary/aromatic N) is 2. The number of aromatic nitrogens is 2. The number of guanidine groups is 1. The number of aliphatic hydroxyl groups excluding tert-OH is 1. The van der Waals surface area contributed by atoms with Gasteiger partial charge in [-0.1, -0.05) is 60.7 Å². The van der Waals surface area contributed by atoms with E-state index in [1.54, 1.807) is 4.90 Å². The first kappa shape index (κ1) is 46.4.